The molecule has 0 aliphatic rings. The highest BCUT2D eigenvalue weighted by Crippen LogP contribution is 2.29. The van der Waals surface area contributed by atoms with Crippen LogP contribution in [0.5, 0.6) is 0 Å². The van der Waals surface area contributed by atoms with Gasteiger partial charge in [0.1, 0.15) is 5.82 Å². The van der Waals surface area contributed by atoms with E-state index in [-0.39, 0.29) is 11.2 Å². The number of hydrogen-bond donors (Lipinski definition) is 1. The maximum Gasteiger partial charge on any atom is 0.124 e. The van der Waals surface area contributed by atoms with Crippen molar-refractivity contribution in [3.8, 4) is 0 Å². The molecule has 3 heteroatoms. The summed E-state index contributed by atoms with van der Waals surface area (Å²) in [4.78, 5) is 0. The van der Waals surface area contributed by atoms with Gasteiger partial charge in [-0.15, -0.1) is 0 Å². The monoisotopic (exact) mass is 329 g/mol. The highest BCUT2D eigenvalue weighted by atomic mass is 79.9. The largest absolute Gasteiger partial charge is 0.316 e. The minimum absolute atomic E-state index is 0.188. The van der Waals surface area contributed by atoms with Gasteiger partial charge in [0.05, 0.1) is 0 Å². The molecule has 0 fully saturated rings. The topological polar surface area (TPSA) is 12.0 Å². The van der Waals surface area contributed by atoms with E-state index in [1.807, 2.05) is 6.07 Å². The number of halogens is 2. The zero-order chi connectivity index (χ0) is 14.5. The summed E-state index contributed by atoms with van der Waals surface area (Å²) in [6, 6.07) is 4.96. The van der Waals surface area contributed by atoms with Gasteiger partial charge in [0.2, 0.25) is 0 Å². The summed E-state index contributed by atoms with van der Waals surface area (Å²) in [5.74, 6) is 0.501. The van der Waals surface area contributed by atoms with Crippen LogP contribution in [-0.4, -0.2) is 13.1 Å². The summed E-state index contributed by atoms with van der Waals surface area (Å²) in [5, 5.41) is 3.48. The molecule has 0 heterocycles. The minimum atomic E-state index is -0.188. The van der Waals surface area contributed by atoms with E-state index in [2.05, 4.69) is 48.9 Å². The van der Waals surface area contributed by atoms with Gasteiger partial charge >= 0.3 is 0 Å². The van der Waals surface area contributed by atoms with Gasteiger partial charge in [0.25, 0.3) is 0 Å². The van der Waals surface area contributed by atoms with E-state index < -0.39 is 0 Å². The standard InChI is InChI=1S/C16H25BrFN/c1-12(2)11-19-8-7-16(3,4)10-13-5-6-14(18)9-15(13)17/h5-6,9,12,19H,7-8,10-11H2,1-4H3. The van der Waals surface area contributed by atoms with E-state index in [9.17, 15) is 4.39 Å². The Morgan fingerprint density at radius 3 is 2.58 bits per heavy atom. The summed E-state index contributed by atoms with van der Waals surface area (Å²) in [7, 11) is 0. The van der Waals surface area contributed by atoms with Crippen LogP contribution in [0.3, 0.4) is 0 Å². The molecule has 0 spiro atoms. The molecule has 1 aromatic rings. The molecule has 1 aromatic carbocycles. The molecule has 0 aliphatic carbocycles. The van der Waals surface area contributed by atoms with Crippen LogP contribution < -0.4 is 5.32 Å². The number of rotatable bonds is 7. The van der Waals surface area contributed by atoms with Gasteiger partial charge < -0.3 is 5.32 Å². The molecule has 0 aromatic heterocycles. The van der Waals surface area contributed by atoms with Gasteiger partial charge in [-0.05, 0) is 55.0 Å². The molecule has 19 heavy (non-hydrogen) atoms. The van der Waals surface area contributed by atoms with Crippen molar-refractivity contribution >= 4 is 15.9 Å². The first-order valence-electron chi connectivity index (χ1n) is 6.95. The molecule has 1 N–H and O–H groups in total. The van der Waals surface area contributed by atoms with Crippen LogP contribution in [0.1, 0.15) is 39.7 Å². The number of hydrogen-bond acceptors (Lipinski definition) is 1. The summed E-state index contributed by atoms with van der Waals surface area (Å²) in [5.41, 5.74) is 1.39. The third-order valence-electron chi connectivity index (χ3n) is 3.22. The lowest BCUT2D eigenvalue weighted by Crippen LogP contribution is -2.26. The SMILES string of the molecule is CC(C)CNCCC(C)(C)Cc1ccc(F)cc1Br. The van der Waals surface area contributed by atoms with E-state index >= 15 is 0 Å². The van der Waals surface area contributed by atoms with E-state index in [1.165, 1.54) is 11.6 Å². The van der Waals surface area contributed by atoms with Gasteiger partial charge in [-0.25, -0.2) is 4.39 Å². The maximum absolute atomic E-state index is 13.1. The van der Waals surface area contributed by atoms with Gasteiger partial charge in [0.15, 0.2) is 0 Å². The fourth-order valence-corrected chi connectivity index (χ4v) is 2.58. The second-order valence-corrected chi connectivity index (χ2v) is 7.28. The molecule has 0 saturated heterocycles. The van der Waals surface area contributed by atoms with Crippen molar-refractivity contribution in [3.63, 3.8) is 0 Å². The molecule has 0 atom stereocenters. The summed E-state index contributed by atoms with van der Waals surface area (Å²) >= 11 is 3.45. The van der Waals surface area contributed by atoms with Gasteiger partial charge in [0, 0.05) is 4.47 Å². The second-order valence-electron chi connectivity index (χ2n) is 6.42. The Kier molecular flexibility index (Phi) is 6.48. The Bertz CT molecular complexity index is 402. The minimum Gasteiger partial charge on any atom is -0.316 e. The quantitative estimate of drug-likeness (QED) is 0.709. The van der Waals surface area contributed by atoms with Crippen molar-refractivity contribution in [2.45, 2.75) is 40.5 Å². The second kappa shape index (κ2) is 7.39. The fourth-order valence-electron chi connectivity index (χ4n) is 2.09. The lowest BCUT2D eigenvalue weighted by atomic mass is 9.82. The van der Waals surface area contributed by atoms with Gasteiger partial charge in [-0.3, -0.25) is 0 Å². The van der Waals surface area contributed by atoms with Crippen LogP contribution in [0.4, 0.5) is 4.39 Å². The van der Waals surface area contributed by atoms with Crippen molar-refractivity contribution in [3.05, 3.63) is 34.1 Å². The average Bonchev–Trinajstić information content (AvgIpc) is 2.28. The zero-order valence-corrected chi connectivity index (χ0v) is 14.0. The highest BCUT2D eigenvalue weighted by molar-refractivity contribution is 9.10. The van der Waals surface area contributed by atoms with Crippen molar-refractivity contribution < 1.29 is 4.39 Å². The van der Waals surface area contributed by atoms with Gasteiger partial charge in [-0.2, -0.15) is 0 Å². The van der Waals surface area contributed by atoms with Crippen LogP contribution in [0.15, 0.2) is 22.7 Å². The molecular weight excluding hydrogens is 305 g/mol. The molecule has 0 saturated carbocycles. The molecule has 0 bridgehead atoms. The van der Waals surface area contributed by atoms with Crippen molar-refractivity contribution in [1.29, 1.82) is 0 Å². The third kappa shape index (κ3) is 6.53. The predicted molar refractivity (Wildman–Crippen MR) is 83.9 cm³/mol. The van der Waals surface area contributed by atoms with E-state index in [0.717, 1.165) is 30.4 Å². The molecule has 108 valence electrons. The Hall–Kier alpha value is -0.410. The van der Waals surface area contributed by atoms with Crippen LogP contribution in [-0.2, 0) is 6.42 Å². The molecule has 1 nitrogen and oxygen atoms in total. The molecule has 1 rings (SSSR count). The first-order chi connectivity index (χ1) is 8.80. The van der Waals surface area contributed by atoms with Crippen LogP contribution >= 0.6 is 15.9 Å². The third-order valence-corrected chi connectivity index (χ3v) is 3.95. The smallest absolute Gasteiger partial charge is 0.124 e. The maximum atomic E-state index is 13.1. The summed E-state index contributed by atoms with van der Waals surface area (Å²) in [6.07, 6.45) is 2.07. The lowest BCUT2D eigenvalue weighted by molar-refractivity contribution is 0.322. The van der Waals surface area contributed by atoms with Crippen LogP contribution in [0.25, 0.3) is 0 Å². The fraction of sp³-hybridized carbons (Fsp3) is 0.625. The Labute approximate surface area is 125 Å². The number of benzene rings is 1. The Balaban J connectivity index is 2.49. The Morgan fingerprint density at radius 2 is 2.00 bits per heavy atom. The van der Waals surface area contributed by atoms with Crippen LogP contribution in [0.2, 0.25) is 0 Å². The molecular formula is C16H25BrFN. The van der Waals surface area contributed by atoms with E-state index in [4.69, 9.17) is 0 Å². The first-order valence-corrected chi connectivity index (χ1v) is 7.74. The van der Waals surface area contributed by atoms with Crippen molar-refractivity contribution in [1.82, 2.24) is 5.32 Å². The molecule has 0 radical (unpaired) electrons. The molecule has 0 unspecified atom stereocenters. The van der Waals surface area contributed by atoms with Crippen LogP contribution in [0, 0.1) is 17.2 Å². The average molecular weight is 330 g/mol. The zero-order valence-electron chi connectivity index (χ0n) is 12.4. The van der Waals surface area contributed by atoms with E-state index in [1.54, 1.807) is 6.07 Å². The normalized spacial score (nSPS) is 12.2. The summed E-state index contributed by atoms with van der Waals surface area (Å²) < 4.78 is 13.9. The summed E-state index contributed by atoms with van der Waals surface area (Å²) in [6.45, 7) is 11.1. The van der Waals surface area contributed by atoms with E-state index in [0.29, 0.717) is 5.92 Å². The predicted octanol–water partition coefficient (Wildman–Crippen LogP) is 4.79. The molecule has 0 aliphatic heterocycles. The van der Waals surface area contributed by atoms with Crippen molar-refractivity contribution in [2.75, 3.05) is 13.1 Å². The van der Waals surface area contributed by atoms with Crippen molar-refractivity contribution in [2.24, 2.45) is 11.3 Å². The molecule has 0 amide bonds. The first kappa shape index (κ1) is 16.6. The lowest BCUT2D eigenvalue weighted by Gasteiger charge is -2.25. The number of nitrogens with one attached hydrogen (secondary N) is 1. The van der Waals surface area contributed by atoms with Gasteiger partial charge in [-0.1, -0.05) is 49.7 Å². The Morgan fingerprint density at radius 1 is 1.32 bits per heavy atom. The highest BCUT2D eigenvalue weighted by Gasteiger charge is 2.19.